The molecule has 27 heavy (non-hydrogen) atoms. The van der Waals surface area contributed by atoms with E-state index in [9.17, 15) is 14.4 Å². The number of nitrogens with one attached hydrogen (secondary N) is 1. The van der Waals surface area contributed by atoms with Gasteiger partial charge in [-0.15, -0.1) is 10.2 Å². The highest BCUT2D eigenvalue weighted by Crippen LogP contribution is 2.16. The summed E-state index contributed by atoms with van der Waals surface area (Å²) in [5.41, 5.74) is 0.937. The fraction of sp³-hybridized carbons (Fsp3) is 0.353. The smallest absolute Gasteiger partial charge is 0.307 e. The molecule has 0 spiro atoms. The van der Waals surface area contributed by atoms with Crippen LogP contribution < -0.4 is 5.32 Å². The van der Waals surface area contributed by atoms with Crippen molar-refractivity contribution in [1.29, 1.82) is 0 Å². The molecule has 0 bridgehead atoms. The highest BCUT2D eigenvalue weighted by molar-refractivity contribution is 7.99. The van der Waals surface area contributed by atoms with Crippen LogP contribution in [0.25, 0.3) is 0 Å². The van der Waals surface area contributed by atoms with Crippen molar-refractivity contribution in [2.24, 2.45) is 7.05 Å². The van der Waals surface area contributed by atoms with Gasteiger partial charge in [-0.25, -0.2) is 0 Å². The molecule has 2 aromatic rings. The molecule has 2 rings (SSSR count). The number of methoxy groups -OCH3 is 1. The summed E-state index contributed by atoms with van der Waals surface area (Å²) in [7, 11) is 4.71. The van der Waals surface area contributed by atoms with E-state index in [0.29, 0.717) is 16.4 Å². The Morgan fingerprint density at radius 2 is 2.11 bits per heavy atom. The number of carbonyl (C=O) groups is 3. The number of anilines is 1. The van der Waals surface area contributed by atoms with Crippen LogP contribution in [-0.4, -0.2) is 63.9 Å². The number of hydrogen-bond donors (Lipinski definition) is 1. The lowest BCUT2D eigenvalue weighted by Gasteiger charge is -2.17. The Morgan fingerprint density at radius 3 is 2.78 bits per heavy atom. The van der Waals surface area contributed by atoms with Crippen LogP contribution in [-0.2, 0) is 21.4 Å². The highest BCUT2D eigenvalue weighted by atomic mass is 32.2. The van der Waals surface area contributed by atoms with Crippen LogP contribution in [0.4, 0.5) is 5.69 Å². The lowest BCUT2D eigenvalue weighted by atomic mass is 10.1. The summed E-state index contributed by atoms with van der Waals surface area (Å²) in [5, 5.41) is 11.0. The first kappa shape index (κ1) is 20.4. The fourth-order valence-electron chi connectivity index (χ4n) is 2.14. The van der Waals surface area contributed by atoms with Gasteiger partial charge < -0.3 is 19.5 Å². The number of rotatable bonds is 8. The van der Waals surface area contributed by atoms with Gasteiger partial charge in [-0.3, -0.25) is 14.4 Å². The molecule has 0 fully saturated rings. The summed E-state index contributed by atoms with van der Waals surface area (Å²) >= 11 is 1.27. The van der Waals surface area contributed by atoms with Crippen LogP contribution in [0.3, 0.4) is 0 Å². The van der Waals surface area contributed by atoms with Gasteiger partial charge >= 0.3 is 5.97 Å². The Balaban J connectivity index is 1.91. The Kier molecular flexibility index (Phi) is 7.35. The number of benzene rings is 1. The van der Waals surface area contributed by atoms with Crippen molar-refractivity contribution in [1.82, 2.24) is 19.7 Å². The van der Waals surface area contributed by atoms with E-state index < -0.39 is 0 Å². The summed E-state index contributed by atoms with van der Waals surface area (Å²) in [5.74, 6) is -0.671. The van der Waals surface area contributed by atoms with Gasteiger partial charge in [-0.2, -0.15) is 0 Å². The number of hydrogen-bond acceptors (Lipinski definition) is 7. The maximum atomic E-state index is 12.4. The third-order valence-corrected chi connectivity index (χ3v) is 4.66. The number of aryl methyl sites for hydroxylation is 1. The number of ether oxygens (including phenoxy) is 1. The van der Waals surface area contributed by atoms with Crippen LogP contribution in [0.15, 0.2) is 35.7 Å². The number of nitrogens with zero attached hydrogens (tertiary/aromatic N) is 4. The summed E-state index contributed by atoms with van der Waals surface area (Å²) in [6, 6.07) is 6.64. The molecule has 1 aromatic heterocycles. The van der Waals surface area contributed by atoms with Crippen molar-refractivity contribution in [3.8, 4) is 0 Å². The van der Waals surface area contributed by atoms with E-state index in [0.717, 1.165) is 0 Å². The SMILES string of the molecule is COC(=O)CCN(C)C(=O)c1cccc(NC(=O)CSc2nncn2C)c1. The predicted octanol–water partition coefficient (Wildman–Crippen LogP) is 1.18. The van der Waals surface area contributed by atoms with E-state index in [1.54, 1.807) is 49.3 Å². The van der Waals surface area contributed by atoms with Crippen molar-refractivity contribution < 1.29 is 19.1 Å². The molecule has 2 amide bonds. The number of amides is 2. The largest absolute Gasteiger partial charge is 0.469 e. The molecule has 0 aliphatic carbocycles. The molecule has 10 heteroatoms. The van der Waals surface area contributed by atoms with E-state index in [2.05, 4.69) is 20.3 Å². The van der Waals surface area contributed by atoms with Crippen molar-refractivity contribution in [2.45, 2.75) is 11.6 Å². The van der Waals surface area contributed by atoms with Gasteiger partial charge in [0.05, 0.1) is 19.3 Å². The second-order valence-electron chi connectivity index (χ2n) is 5.69. The molecule has 0 atom stereocenters. The normalized spacial score (nSPS) is 10.3. The standard InChI is InChI=1S/C17H21N5O4S/c1-21(8-7-15(24)26-3)16(25)12-5-4-6-13(9-12)19-14(23)10-27-17-20-18-11-22(17)2/h4-6,9,11H,7-8,10H2,1-3H3,(H,19,23). The zero-order valence-electron chi connectivity index (χ0n) is 15.3. The minimum absolute atomic E-state index is 0.119. The monoisotopic (exact) mass is 391 g/mol. The maximum absolute atomic E-state index is 12.4. The molecule has 1 heterocycles. The van der Waals surface area contributed by atoms with E-state index in [1.807, 2.05) is 0 Å². The Bertz CT molecular complexity index is 823. The third kappa shape index (κ3) is 6.10. The van der Waals surface area contributed by atoms with Crippen molar-refractivity contribution >= 4 is 35.2 Å². The average Bonchev–Trinajstić information content (AvgIpc) is 3.08. The first-order valence-electron chi connectivity index (χ1n) is 8.09. The summed E-state index contributed by atoms with van der Waals surface area (Å²) < 4.78 is 6.29. The topological polar surface area (TPSA) is 106 Å². The lowest BCUT2D eigenvalue weighted by Crippen LogP contribution is -2.29. The molecule has 1 N–H and O–H groups in total. The Morgan fingerprint density at radius 1 is 1.33 bits per heavy atom. The molecule has 0 aliphatic rings. The minimum Gasteiger partial charge on any atom is -0.469 e. The van der Waals surface area contributed by atoms with Crippen molar-refractivity contribution in [3.63, 3.8) is 0 Å². The number of esters is 1. The first-order chi connectivity index (χ1) is 12.9. The van der Waals surface area contributed by atoms with Gasteiger partial charge in [0.15, 0.2) is 5.16 Å². The zero-order valence-corrected chi connectivity index (χ0v) is 16.2. The lowest BCUT2D eigenvalue weighted by molar-refractivity contribution is -0.140. The maximum Gasteiger partial charge on any atom is 0.307 e. The van der Waals surface area contributed by atoms with Crippen LogP contribution in [0.5, 0.6) is 0 Å². The van der Waals surface area contributed by atoms with Gasteiger partial charge in [0, 0.05) is 31.9 Å². The average molecular weight is 391 g/mol. The molecule has 0 aliphatic heterocycles. The van der Waals surface area contributed by atoms with E-state index in [1.165, 1.54) is 23.8 Å². The highest BCUT2D eigenvalue weighted by Gasteiger charge is 2.14. The van der Waals surface area contributed by atoms with E-state index >= 15 is 0 Å². The summed E-state index contributed by atoms with van der Waals surface area (Å²) in [6.45, 7) is 0.246. The third-order valence-electron chi connectivity index (χ3n) is 3.62. The number of thioether (sulfide) groups is 1. The molecular weight excluding hydrogens is 370 g/mol. The van der Waals surface area contributed by atoms with Crippen LogP contribution in [0, 0.1) is 0 Å². The number of carbonyl (C=O) groups excluding carboxylic acids is 3. The molecule has 9 nitrogen and oxygen atoms in total. The van der Waals surface area contributed by atoms with E-state index in [4.69, 9.17) is 0 Å². The molecule has 0 saturated carbocycles. The first-order valence-corrected chi connectivity index (χ1v) is 9.08. The molecule has 0 saturated heterocycles. The quantitative estimate of drug-likeness (QED) is 0.532. The van der Waals surface area contributed by atoms with Crippen molar-refractivity contribution in [3.05, 3.63) is 36.2 Å². The zero-order chi connectivity index (χ0) is 19.8. The van der Waals surface area contributed by atoms with Gasteiger partial charge in [0.25, 0.3) is 5.91 Å². The fourth-order valence-corrected chi connectivity index (χ4v) is 2.83. The molecule has 0 radical (unpaired) electrons. The van der Waals surface area contributed by atoms with Gasteiger partial charge in [-0.1, -0.05) is 17.8 Å². The van der Waals surface area contributed by atoms with Gasteiger partial charge in [0.2, 0.25) is 5.91 Å². The minimum atomic E-state index is -0.379. The van der Waals surface area contributed by atoms with E-state index in [-0.39, 0.29) is 36.5 Å². The number of aromatic nitrogens is 3. The van der Waals surface area contributed by atoms with Crippen molar-refractivity contribution in [2.75, 3.05) is 31.8 Å². The Labute approximate surface area is 161 Å². The van der Waals surface area contributed by atoms with Gasteiger partial charge in [0.1, 0.15) is 6.33 Å². The van der Waals surface area contributed by atoms with Crippen LogP contribution in [0.1, 0.15) is 16.8 Å². The van der Waals surface area contributed by atoms with Gasteiger partial charge in [-0.05, 0) is 18.2 Å². The molecule has 1 aromatic carbocycles. The second kappa shape index (κ2) is 9.72. The molecular formula is C17H21N5O4S. The second-order valence-corrected chi connectivity index (χ2v) is 6.64. The summed E-state index contributed by atoms with van der Waals surface area (Å²) in [4.78, 5) is 37.2. The summed E-state index contributed by atoms with van der Waals surface area (Å²) in [6.07, 6.45) is 1.68. The molecule has 0 unspecified atom stereocenters. The predicted molar refractivity (Wildman–Crippen MR) is 100 cm³/mol. The molecule has 144 valence electrons. The van der Waals surface area contributed by atoms with Crippen LogP contribution >= 0.6 is 11.8 Å². The Hall–Kier alpha value is -2.88. The van der Waals surface area contributed by atoms with Crippen LogP contribution in [0.2, 0.25) is 0 Å².